The van der Waals surface area contributed by atoms with Crippen molar-refractivity contribution in [2.75, 3.05) is 38.4 Å². The fourth-order valence-electron chi connectivity index (χ4n) is 2.14. The quantitative estimate of drug-likeness (QED) is 0.593. The van der Waals surface area contributed by atoms with Gasteiger partial charge in [-0.2, -0.15) is 11.8 Å². The van der Waals surface area contributed by atoms with E-state index in [1.807, 2.05) is 24.8 Å². The van der Waals surface area contributed by atoms with E-state index in [1.165, 1.54) is 5.56 Å². The Morgan fingerprint density at radius 1 is 1.24 bits per heavy atom. The van der Waals surface area contributed by atoms with Gasteiger partial charge in [-0.15, -0.1) is 0 Å². The fraction of sp³-hybridized carbons (Fsp3) is 0.647. The van der Waals surface area contributed by atoms with Gasteiger partial charge in [0.05, 0.1) is 6.61 Å². The summed E-state index contributed by atoms with van der Waals surface area (Å²) in [6.07, 6.45) is 2.25. The standard InChI is InChI=1S/C17H29NO2S/c1-4-11-18-16(14-21-13-8-12-19-3)15-9-6-7-10-17(15)20-5-2/h6-7,9-10,16,18H,4-5,8,11-14H2,1-3H3. The van der Waals surface area contributed by atoms with Gasteiger partial charge in [0.1, 0.15) is 5.75 Å². The second-order valence-corrected chi connectivity index (χ2v) is 6.05. The average molecular weight is 311 g/mol. The van der Waals surface area contributed by atoms with Crippen LogP contribution in [0.5, 0.6) is 5.75 Å². The third kappa shape index (κ3) is 7.21. The predicted octanol–water partition coefficient (Wildman–Crippen LogP) is 3.90. The molecule has 0 saturated carbocycles. The summed E-state index contributed by atoms with van der Waals surface area (Å²) in [6, 6.07) is 8.72. The zero-order valence-electron chi connectivity index (χ0n) is 13.6. The topological polar surface area (TPSA) is 30.5 Å². The third-order valence-corrected chi connectivity index (χ3v) is 4.30. The van der Waals surface area contributed by atoms with Crippen LogP contribution >= 0.6 is 11.8 Å². The molecule has 1 aromatic rings. The second-order valence-electron chi connectivity index (χ2n) is 4.90. The summed E-state index contributed by atoms with van der Waals surface area (Å²) in [5.74, 6) is 3.20. The molecule has 21 heavy (non-hydrogen) atoms. The van der Waals surface area contributed by atoms with Gasteiger partial charge < -0.3 is 14.8 Å². The fourth-order valence-corrected chi connectivity index (χ4v) is 3.16. The molecule has 0 radical (unpaired) electrons. The van der Waals surface area contributed by atoms with Crippen molar-refractivity contribution >= 4 is 11.8 Å². The highest BCUT2D eigenvalue weighted by molar-refractivity contribution is 7.99. The van der Waals surface area contributed by atoms with E-state index in [4.69, 9.17) is 9.47 Å². The Kier molecular flexibility index (Phi) is 10.4. The van der Waals surface area contributed by atoms with E-state index in [1.54, 1.807) is 7.11 Å². The van der Waals surface area contributed by atoms with Crippen molar-refractivity contribution in [2.24, 2.45) is 0 Å². The van der Waals surface area contributed by atoms with Crippen molar-refractivity contribution in [2.45, 2.75) is 32.7 Å². The van der Waals surface area contributed by atoms with E-state index < -0.39 is 0 Å². The first kappa shape index (κ1) is 18.3. The van der Waals surface area contributed by atoms with Gasteiger partial charge in [0.15, 0.2) is 0 Å². The lowest BCUT2D eigenvalue weighted by Crippen LogP contribution is -2.25. The van der Waals surface area contributed by atoms with Crippen molar-refractivity contribution in [1.82, 2.24) is 5.32 Å². The second kappa shape index (κ2) is 11.9. The van der Waals surface area contributed by atoms with Gasteiger partial charge in [0, 0.05) is 31.1 Å². The van der Waals surface area contributed by atoms with Crippen LogP contribution in [0.2, 0.25) is 0 Å². The molecule has 1 rings (SSSR count). The molecule has 1 atom stereocenters. The lowest BCUT2D eigenvalue weighted by atomic mass is 10.1. The zero-order chi connectivity index (χ0) is 15.3. The van der Waals surface area contributed by atoms with Gasteiger partial charge in [-0.05, 0) is 38.1 Å². The maximum absolute atomic E-state index is 5.77. The van der Waals surface area contributed by atoms with E-state index in [0.29, 0.717) is 12.6 Å². The molecular weight excluding hydrogens is 282 g/mol. The van der Waals surface area contributed by atoms with Gasteiger partial charge in [-0.1, -0.05) is 25.1 Å². The molecule has 0 heterocycles. The number of hydrogen-bond donors (Lipinski definition) is 1. The highest BCUT2D eigenvalue weighted by Crippen LogP contribution is 2.28. The van der Waals surface area contributed by atoms with Crippen LogP contribution in [0.15, 0.2) is 24.3 Å². The third-order valence-electron chi connectivity index (χ3n) is 3.16. The minimum atomic E-state index is 0.347. The van der Waals surface area contributed by atoms with Crippen LogP contribution in [0.25, 0.3) is 0 Å². The molecule has 3 nitrogen and oxygen atoms in total. The van der Waals surface area contributed by atoms with Crippen LogP contribution in [0.3, 0.4) is 0 Å². The maximum Gasteiger partial charge on any atom is 0.124 e. The normalized spacial score (nSPS) is 12.3. The molecule has 0 aliphatic heterocycles. The smallest absolute Gasteiger partial charge is 0.124 e. The van der Waals surface area contributed by atoms with Gasteiger partial charge >= 0.3 is 0 Å². The summed E-state index contributed by atoms with van der Waals surface area (Å²) < 4.78 is 10.9. The summed E-state index contributed by atoms with van der Waals surface area (Å²) in [5, 5.41) is 3.64. The SMILES string of the molecule is CCCNC(CSCCCOC)c1ccccc1OCC. The molecule has 1 N–H and O–H groups in total. The first-order valence-corrected chi connectivity index (χ1v) is 9.00. The van der Waals surface area contributed by atoms with Crippen molar-refractivity contribution in [3.05, 3.63) is 29.8 Å². The van der Waals surface area contributed by atoms with Gasteiger partial charge in [-0.3, -0.25) is 0 Å². The summed E-state index contributed by atoms with van der Waals surface area (Å²) in [4.78, 5) is 0. The van der Waals surface area contributed by atoms with Crippen LogP contribution in [-0.4, -0.2) is 38.4 Å². The van der Waals surface area contributed by atoms with Crippen molar-refractivity contribution in [3.63, 3.8) is 0 Å². The number of ether oxygens (including phenoxy) is 2. The molecule has 0 amide bonds. The molecule has 0 spiro atoms. The summed E-state index contributed by atoms with van der Waals surface area (Å²) in [7, 11) is 1.76. The minimum absolute atomic E-state index is 0.347. The average Bonchev–Trinajstić information content (AvgIpc) is 2.51. The van der Waals surface area contributed by atoms with Crippen LogP contribution in [0, 0.1) is 0 Å². The molecule has 1 unspecified atom stereocenters. The number of thioether (sulfide) groups is 1. The molecule has 120 valence electrons. The molecule has 4 heteroatoms. The number of rotatable bonds is 12. The molecule has 0 aliphatic rings. The number of nitrogens with one attached hydrogen (secondary N) is 1. The Hall–Kier alpha value is -0.710. The number of benzene rings is 1. The van der Waals surface area contributed by atoms with Crippen LogP contribution in [-0.2, 0) is 4.74 Å². The predicted molar refractivity (Wildman–Crippen MR) is 92.5 cm³/mol. The van der Waals surface area contributed by atoms with E-state index in [9.17, 15) is 0 Å². The highest BCUT2D eigenvalue weighted by Gasteiger charge is 2.15. The molecular formula is C17H29NO2S. The van der Waals surface area contributed by atoms with Crippen LogP contribution < -0.4 is 10.1 Å². The van der Waals surface area contributed by atoms with Crippen molar-refractivity contribution < 1.29 is 9.47 Å². The van der Waals surface area contributed by atoms with Crippen LogP contribution in [0.1, 0.15) is 38.3 Å². The lowest BCUT2D eigenvalue weighted by molar-refractivity contribution is 0.200. The van der Waals surface area contributed by atoms with Gasteiger partial charge in [0.2, 0.25) is 0 Å². The Morgan fingerprint density at radius 2 is 2.05 bits per heavy atom. The summed E-state index contributed by atoms with van der Waals surface area (Å²) in [5.41, 5.74) is 1.27. The van der Waals surface area contributed by atoms with Crippen molar-refractivity contribution in [1.29, 1.82) is 0 Å². The molecule has 0 aliphatic carbocycles. The van der Waals surface area contributed by atoms with Crippen LogP contribution in [0.4, 0.5) is 0 Å². The zero-order valence-corrected chi connectivity index (χ0v) is 14.4. The number of hydrogen-bond acceptors (Lipinski definition) is 4. The number of methoxy groups -OCH3 is 1. The Bertz CT molecular complexity index is 374. The first-order chi connectivity index (χ1) is 10.3. The molecule has 0 saturated heterocycles. The molecule has 0 aromatic heterocycles. The summed E-state index contributed by atoms with van der Waals surface area (Å²) in [6.45, 7) is 6.81. The van der Waals surface area contributed by atoms with Crippen molar-refractivity contribution in [3.8, 4) is 5.75 Å². The van der Waals surface area contributed by atoms with E-state index in [-0.39, 0.29) is 0 Å². The molecule has 0 fully saturated rings. The lowest BCUT2D eigenvalue weighted by Gasteiger charge is -2.21. The number of para-hydroxylation sites is 1. The monoisotopic (exact) mass is 311 g/mol. The highest BCUT2D eigenvalue weighted by atomic mass is 32.2. The first-order valence-electron chi connectivity index (χ1n) is 7.85. The maximum atomic E-state index is 5.77. The van der Waals surface area contributed by atoms with E-state index in [2.05, 4.69) is 30.4 Å². The van der Waals surface area contributed by atoms with E-state index in [0.717, 1.165) is 43.2 Å². The minimum Gasteiger partial charge on any atom is -0.494 e. The molecule has 0 bridgehead atoms. The van der Waals surface area contributed by atoms with Gasteiger partial charge in [-0.25, -0.2) is 0 Å². The Balaban J connectivity index is 2.63. The van der Waals surface area contributed by atoms with Gasteiger partial charge in [0.25, 0.3) is 0 Å². The largest absolute Gasteiger partial charge is 0.494 e. The Labute approximate surface area is 133 Å². The summed E-state index contributed by atoms with van der Waals surface area (Å²) >= 11 is 1.98. The Morgan fingerprint density at radius 3 is 2.76 bits per heavy atom. The van der Waals surface area contributed by atoms with E-state index >= 15 is 0 Å². The molecule has 1 aromatic carbocycles.